The molecule has 3 aromatic rings. The number of imidazole rings is 1. The van der Waals surface area contributed by atoms with E-state index in [-0.39, 0.29) is 11.9 Å². The average Bonchev–Trinajstić information content (AvgIpc) is 3.03. The lowest BCUT2D eigenvalue weighted by Crippen LogP contribution is -2.17. The standard InChI is InChI=1S/C20H19FN4O/c21-12-5-8-14-16(10-12)23-20-15(2-1-9-22-20)18-17(14)24-19(25-18)11-3-6-13(26)7-4-11/h1-2,5,8-11,13,26H,3-4,6-7H2,(H,22,23)(H,24,25)/t11-,13-. The number of anilines is 2. The third-order valence-corrected chi connectivity index (χ3v) is 5.37. The summed E-state index contributed by atoms with van der Waals surface area (Å²) < 4.78 is 13.8. The second-order valence-corrected chi connectivity index (χ2v) is 7.07. The van der Waals surface area contributed by atoms with E-state index >= 15 is 0 Å². The molecular formula is C20H19FN4O. The molecule has 1 saturated carbocycles. The summed E-state index contributed by atoms with van der Waals surface area (Å²) in [5, 5.41) is 13.0. The summed E-state index contributed by atoms with van der Waals surface area (Å²) in [6.45, 7) is 0. The van der Waals surface area contributed by atoms with E-state index in [4.69, 9.17) is 4.98 Å². The SMILES string of the molecule is O[C@H]1CC[C@H](c2nc3c([nH]2)-c2cccnc2Nc2cc(F)ccc2-3)CC1. The molecule has 0 saturated heterocycles. The zero-order valence-electron chi connectivity index (χ0n) is 14.2. The highest BCUT2D eigenvalue weighted by Gasteiger charge is 2.28. The van der Waals surface area contributed by atoms with Crippen LogP contribution in [-0.4, -0.2) is 26.2 Å². The fourth-order valence-corrected chi connectivity index (χ4v) is 3.98. The smallest absolute Gasteiger partial charge is 0.139 e. The number of aromatic nitrogens is 3. The van der Waals surface area contributed by atoms with E-state index in [0.29, 0.717) is 17.4 Å². The predicted molar refractivity (Wildman–Crippen MR) is 97.7 cm³/mol. The first-order chi connectivity index (χ1) is 12.7. The first-order valence-corrected chi connectivity index (χ1v) is 8.99. The Kier molecular flexibility index (Phi) is 3.53. The van der Waals surface area contributed by atoms with Gasteiger partial charge < -0.3 is 15.4 Å². The Morgan fingerprint density at radius 3 is 2.77 bits per heavy atom. The van der Waals surface area contributed by atoms with Gasteiger partial charge in [-0.1, -0.05) is 0 Å². The summed E-state index contributed by atoms with van der Waals surface area (Å²) in [5.74, 6) is 1.64. The molecular weight excluding hydrogens is 331 g/mol. The number of hydrogen-bond donors (Lipinski definition) is 3. The number of nitrogens with one attached hydrogen (secondary N) is 2. The number of halogens is 1. The van der Waals surface area contributed by atoms with Gasteiger partial charge in [-0.3, -0.25) is 0 Å². The number of aliphatic hydroxyl groups excluding tert-OH is 1. The highest BCUT2D eigenvalue weighted by molar-refractivity contribution is 5.94. The zero-order chi connectivity index (χ0) is 17.7. The maximum Gasteiger partial charge on any atom is 0.139 e. The van der Waals surface area contributed by atoms with Crippen LogP contribution in [0.4, 0.5) is 15.9 Å². The van der Waals surface area contributed by atoms with Gasteiger partial charge in [0.05, 0.1) is 23.2 Å². The molecule has 1 fully saturated rings. The minimum absolute atomic E-state index is 0.197. The zero-order valence-corrected chi connectivity index (χ0v) is 14.2. The van der Waals surface area contributed by atoms with Gasteiger partial charge >= 0.3 is 0 Å². The Morgan fingerprint density at radius 1 is 1.08 bits per heavy atom. The quantitative estimate of drug-likeness (QED) is 0.477. The maximum atomic E-state index is 13.8. The van der Waals surface area contributed by atoms with Crippen molar-refractivity contribution in [1.29, 1.82) is 0 Å². The number of aliphatic hydroxyl groups is 1. The van der Waals surface area contributed by atoms with Crippen LogP contribution in [0.1, 0.15) is 37.4 Å². The van der Waals surface area contributed by atoms with Crippen molar-refractivity contribution in [3.63, 3.8) is 0 Å². The Morgan fingerprint density at radius 2 is 1.92 bits per heavy atom. The largest absolute Gasteiger partial charge is 0.393 e. The summed E-state index contributed by atoms with van der Waals surface area (Å²) in [6.07, 6.45) is 4.96. The lowest BCUT2D eigenvalue weighted by Gasteiger charge is -2.23. The van der Waals surface area contributed by atoms with Crippen molar-refractivity contribution in [2.75, 3.05) is 5.32 Å². The molecule has 1 aliphatic heterocycles. The first-order valence-electron chi connectivity index (χ1n) is 8.99. The number of rotatable bonds is 1. The molecule has 1 aliphatic carbocycles. The molecule has 2 aliphatic rings. The van der Waals surface area contributed by atoms with Crippen LogP contribution in [0.25, 0.3) is 22.5 Å². The summed E-state index contributed by atoms with van der Waals surface area (Å²) in [7, 11) is 0. The molecule has 0 atom stereocenters. The molecule has 0 spiro atoms. The number of nitrogens with zero attached hydrogens (tertiary/aromatic N) is 2. The Bertz CT molecular complexity index is 976. The number of pyridine rings is 1. The molecule has 3 heterocycles. The summed E-state index contributed by atoms with van der Waals surface area (Å²) >= 11 is 0. The second kappa shape index (κ2) is 5.92. The minimum Gasteiger partial charge on any atom is -0.393 e. The molecule has 5 rings (SSSR count). The third-order valence-electron chi connectivity index (χ3n) is 5.37. The van der Waals surface area contributed by atoms with Crippen LogP contribution >= 0.6 is 0 Å². The van der Waals surface area contributed by atoms with Gasteiger partial charge in [0.1, 0.15) is 17.5 Å². The molecule has 0 bridgehead atoms. The molecule has 3 N–H and O–H groups in total. The van der Waals surface area contributed by atoms with E-state index in [0.717, 1.165) is 54.0 Å². The van der Waals surface area contributed by atoms with Crippen molar-refractivity contribution in [3.8, 4) is 22.5 Å². The number of aromatic amines is 1. The van der Waals surface area contributed by atoms with Crippen molar-refractivity contribution in [2.24, 2.45) is 0 Å². The molecule has 5 nitrogen and oxygen atoms in total. The molecule has 0 radical (unpaired) electrons. The molecule has 2 aromatic heterocycles. The number of fused-ring (bicyclic) bond motifs is 5. The molecule has 0 amide bonds. The lowest BCUT2D eigenvalue weighted by atomic mass is 9.87. The molecule has 6 heteroatoms. The highest BCUT2D eigenvalue weighted by Crippen LogP contribution is 2.44. The number of H-pyrrole nitrogens is 1. The van der Waals surface area contributed by atoms with Crippen molar-refractivity contribution < 1.29 is 9.50 Å². The van der Waals surface area contributed by atoms with E-state index in [2.05, 4.69) is 15.3 Å². The van der Waals surface area contributed by atoms with Crippen molar-refractivity contribution in [3.05, 3.63) is 48.2 Å². The van der Waals surface area contributed by atoms with Gasteiger partial charge in [-0.2, -0.15) is 0 Å². The van der Waals surface area contributed by atoms with E-state index in [1.165, 1.54) is 12.1 Å². The molecule has 26 heavy (non-hydrogen) atoms. The average molecular weight is 350 g/mol. The topological polar surface area (TPSA) is 73.8 Å². The van der Waals surface area contributed by atoms with Gasteiger partial charge in [-0.05, 0) is 56.0 Å². The van der Waals surface area contributed by atoms with Crippen LogP contribution in [-0.2, 0) is 0 Å². The Labute approximate surface area is 150 Å². The van der Waals surface area contributed by atoms with E-state index in [1.807, 2.05) is 12.1 Å². The van der Waals surface area contributed by atoms with Crippen molar-refractivity contribution in [2.45, 2.75) is 37.7 Å². The fraction of sp³-hybridized carbons (Fsp3) is 0.300. The summed E-state index contributed by atoms with van der Waals surface area (Å²) in [5.41, 5.74) is 4.18. The molecule has 132 valence electrons. The van der Waals surface area contributed by atoms with Crippen molar-refractivity contribution >= 4 is 11.5 Å². The van der Waals surface area contributed by atoms with Gasteiger partial charge in [0.2, 0.25) is 0 Å². The molecule has 0 unspecified atom stereocenters. The first kappa shape index (κ1) is 15.5. The van der Waals surface area contributed by atoms with Crippen LogP contribution in [0.15, 0.2) is 36.5 Å². The predicted octanol–water partition coefficient (Wildman–Crippen LogP) is 4.35. The maximum absolute atomic E-state index is 13.8. The van der Waals surface area contributed by atoms with Gasteiger partial charge in [0, 0.05) is 23.2 Å². The third kappa shape index (κ3) is 2.49. The highest BCUT2D eigenvalue weighted by atomic mass is 19.1. The van der Waals surface area contributed by atoms with Gasteiger partial charge in [0.25, 0.3) is 0 Å². The minimum atomic E-state index is -0.297. The van der Waals surface area contributed by atoms with Gasteiger partial charge in [0.15, 0.2) is 0 Å². The number of benzene rings is 1. The second-order valence-electron chi connectivity index (χ2n) is 7.07. The summed E-state index contributed by atoms with van der Waals surface area (Å²) in [4.78, 5) is 12.8. The van der Waals surface area contributed by atoms with Gasteiger partial charge in [-0.15, -0.1) is 0 Å². The van der Waals surface area contributed by atoms with Crippen LogP contribution in [0.3, 0.4) is 0 Å². The van der Waals surface area contributed by atoms with Gasteiger partial charge in [-0.25, -0.2) is 14.4 Å². The summed E-state index contributed by atoms with van der Waals surface area (Å²) in [6, 6.07) is 8.58. The Balaban J connectivity index is 1.68. The van der Waals surface area contributed by atoms with Crippen LogP contribution in [0.5, 0.6) is 0 Å². The van der Waals surface area contributed by atoms with Crippen LogP contribution < -0.4 is 5.32 Å². The van der Waals surface area contributed by atoms with E-state index < -0.39 is 0 Å². The Hall–Kier alpha value is -2.73. The van der Waals surface area contributed by atoms with E-state index in [1.54, 1.807) is 12.3 Å². The normalized spacial score (nSPS) is 21.2. The van der Waals surface area contributed by atoms with Crippen LogP contribution in [0.2, 0.25) is 0 Å². The fourth-order valence-electron chi connectivity index (χ4n) is 3.98. The lowest BCUT2D eigenvalue weighted by molar-refractivity contribution is 0.121. The van der Waals surface area contributed by atoms with Crippen molar-refractivity contribution in [1.82, 2.24) is 15.0 Å². The monoisotopic (exact) mass is 350 g/mol. The number of hydrogen-bond acceptors (Lipinski definition) is 4. The van der Waals surface area contributed by atoms with Crippen LogP contribution in [0, 0.1) is 5.82 Å². The molecule has 1 aromatic carbocycles. The van der Waals surface area contributed by atoms with E-state index in [9.17, 15) is 9.50 Å².